The van der Waals surface area contributed by atoms with Crippen LogP contribution in [0.3, 0.4) is 0 Å². The van der Waals surface area contributed by atoms with Crippen molar-refractivity contribution < 1.29 is 14.5 Å². The number of hydrogen-bond acceptors (Lipinski definition) is 4. The molecule has 0 aliphatic heterocycles. The lowest BCUT2D eigenvalue weighted by Crippen LogP contribution is -2.32. The number of carbonyl (C=O) groups excluding carboxylic acids is 1. The van der Waals surface area contributed by atoms with Crippen LogP contribution in [0.1, 0.15) is 18.9 Å². The molecule has 0 unspecified atom stereocenters. The molecule has 0 aliphatic rings. The molecule has 0 N–H and O–H groups in total. The fraction of sp³-hybridized carbons (Fsp3) is 0.235. The maximum atomic E-state index is 12.3. The Kier molecular flexibility index (Phi) is 5.68. The van der Waals surface area contributed by atoms with E-state index >= 15 is 0 Å². The number of non-ortho nitro benzene ring substituents is 1. The average molecular weight is 314 g/mol. The second-order valence-corrected chi connectivity index (χ2v) is 4.97. The van der Waals surface area contributed by atoms with Gasteiger partial charge in [0.25, 0.3) is 5.69 Å². The smallest absolute Gasteiger partial charge is 0.414 e. The molecule has 1 amide bonds. The number of nitro groups is 1. The minimum absolute atomic E-state index is 0.0112. The van der Waals surface area contributed by atoms with Crippen molar-refractivity contribution in [1.29, 1.82) is 0 Å². The summed E-state index contributed by atoms with van der Waals surface area (Å²) in [5.74, 6) is 0. The molecule has 0 radical (unpaired) electrons. The number of nitro benzene ring substituents is 1. The first-order chi connectivity index (χ1) is 11.1. The van der Waals surface area contributed by atoms with E-state index in [1.165, 1.54) is 17.0 Å². The van der Waals surface area contributed by atoms with E-state index in [4.69, 9.17) is 4.74 Å². The molecule has 6 nitrogen and oxygen atoms in total. The van der Waals surface area contributed by atoms with Crippen molar-refractivity contribution >= 4 is 17.5 Å². The van der Waals surface area contributed by atoms with Crippen LogP contribution < -0.4 is 4.90 Å². The number of amides is 1. The molecule has 2 rings (SSSR count). The van der Waals surface area contributed by atoms with E-state index in [1.54, 1.807) is 12.1 Å². The van der Waals surface area contributed by atoms with Gasteiger partial charge >= 0.3 is 6.09 Å². The molecule has 120 valence electrons. The molecule has 6 heteroatoms. The summed E-state index contributed by atoms with van der Waals surface area (Å²) in [7, 11) is 0. The summed E-state index contributed by atoms with van der Waals surface area (Å²) in [6.07, 6.45) is 0.279. The third-order valence-electron chi connectivity index (χ3n) is 3.24. The van der Waals surface area contributed by atoms with E-state index in [1.807, 2.05) is 37.3 Å². The van der Waals surface area contributed by atoms with Crippen molar-refractivity contribution in [3.8, 4) is 0 Å². The number of ether oxygens (including phenoxy) is 1. The highest BCUT2D eigenvalue weighted by atomic mass is 16.6. The first-order valence-corrected chi connectivity index (χ1v) is 7.34. The van der Waals surface area contributed by atoms with Gasteiger partial charge in [-0.25, -0.2) is 4.79 Å². The summed E-state index contributed by atoms with van der Waals surface area (Å²) in [5, 5.41) is 10.7. The van der Waals surface area contributed by atoms with E-state index in [0.717, 1.165) is 12.0 Å². The SMILES string of the molecule is CCCN(C(=O)OCc1ccccc1)c1ccc([N+](=O)[O-])cc1. The topological polar surface area (TPSA) is 72.7 Å². The van der Waals surface area contributed by atoms with E-state index in [2.05, 4.69) is 0 Å². The Morgan fingerprint density at radius 3 is 2.35 bits per heavy atom. The van der Waals surface area contributed by atoms with Gasteiger partial charge in [0.15, 0.2) is 0 Å². The highest BCUT2D eigenvalue weighted by Crippen LogP contribution is 2.20. The quantitative estimate of drug-likeness (QED) is 0.593. The fourth-order valence-electron chi connectivity index (χ4n) is 2.10. The van der Waals surface area contributed by atoms with Gasteiger partial charge in [-0.2, -0.15) is 0 Å². The predicted molar refractivity (Wildman–Crippen MR) is 87.4 cm³/mol. The Bertz CT molecular complexity index is 656. The van der Waals surface area contributed by atoms with Gasteiger partial charge in [0.2, 0.25) is 0 Å². The van der Waals surface area contributed by atoms with Gasteiger partial charge in [0.05, 0.1) is 4.92 Å². The van der Waals surface area contributed by atoms with Gasteiger partial charge < -0.3 is 4.74 Å². The zero-order valence-electron chi connectivity index (χ0n) is 12.8. The van der Waals surface area contributed by atoms with E-state index < -0.39 is 11.0 Å². The van der Waals surface area contributed by atoms with Gasteiger partial charge in [-0.15, -0.1) is 0 Å². The first kappa shape index (κ1) is 16.5. The van der Waals surface area contributed by atoms with Crippen LogP contribution in [0.25, 0.3) is 0 Å². The van der Waals surface area contributed by atoms with Crippen LogP contribution in [0.4, 0.5) is 16.2 Å². The molecule has 0 aliphatic carbocycles. The number of hydrogen-bond donors (Lipinski definition) is 0. The number of carbonyl (C=O) groups is 1. The van der Waals surface area contributed by atoms with Crippen LogP contribution in [0.2, 0.25) is 0 Å². The summed E-state index contributed by atoms with van der Waals surface area (Å²) in [6, 6.07) is 15.3. The second-order valence-electron chi connectivity index (χ2n) is 4.97. The molecule has 2 aromatic rings. The molecule has 0 bridgehead atoms. The van der Waals surface area contributed by atoms with E-state index in [-0.39, 0.29) is 12.3 Å². The molecule has 0 heterocycles. The first-order valence-electron chi connectivity index (χ1n) is 7.34. The molecule has 0 atom stereocenters. The van der Waals surface area contributed by atoms with Gasteiger partial charge in [0, 0.05) is 24.4 Å². The Morgan fingerprint density at radius 2 is 1.78 bits per heavy atom. The number of nitrogens with zero attached hydrogens (tertiary/aromatic N) is 2. The molecule has 23 heavy (non-hydrogen) atoms. The molecule has 0 spiro atoms. The van der Waals surface area contributed by atoms with Crippen molar-refractivity contribution in [2.24, 2.45) is 0 Å². The van der Waals surface area contributed by atoms with Crippen LogP contribution in [0, 0.1) is 10.1 Å². The Labute approximate surface area is 134 Å². The van der Waals surface area contributed by atoms with Crippen molar-refractivity contribution in [3.05, 3.63) is 70.3 Å². The lowest BCUT2D eigenvalue weighted by atomic mass is 10.2. The van der Waals surface area contributed by atoms with Crippen molar-refractivity contribution in [1.82, 2.24) is 0 Å². The monoisotopic (exact) mass is 314 g/mol. The molecule has 0 saturated carbocycles. The van der Waals surface area contributed by atoms with Crippen LogP contribution in [-0.2, 0) is 11.3 Å². The molecule has 0 fully saturated rings. The maximum Gasteiger partial charge on any atom is 0.414 e. The van der Waals surface area contributed by atoms with E-state index in [0.29, 0.717) is 12.2 Å². The summed E-state index contributed by atoms with van der Waals surface area (Å²) in [5.41, 5.74) is 1.47. The summed E-state index contributed by atoms with van der Waals surface area (Å²) in [6.45, 7) is 2.61. The minimum atomic E-state index is -0.471. The lowest BCUT2D eigenvalue weighted by molar-refractivity contribution is -0.384. The Balaban J connectivity index is 2.07. The van der Waals surface area contributed by atoms with Crippen LogP contribution >= 0.6 is 0 Å². The third kappa shape index (κ3) is 4.54. The molecule has 2 aromatic carbocycles. The fourth-order valence-corrected chi connectivity index (χ4v) is 2.10. The highest BCUT2D eigenvalue weighted by Gasteiger charge is 2.17. The van der Waals surface area contributed by atoms with Crippen molar-refractivity contribution in [2.45, 2.75) is 20.0 Å². The number of anilines is 1. The van der Waals surface area contributed by atoms with Crippen LogP contribution in [0.5, 0.6) is 0 Å². The second kappa shape index (κ2) is 7.93. The maximum absolute atomic E-state index is 12.3. The standard InChI is InChI=1S/C17H18N2O4/c1-2-12-18(15-8-10-16(11-9-15)19(21)22)17(20)23-13-14-6-4-3-5-7-14/h3-11H,2,12-13H2,1H3. The van der Waals surface area contributed by atoms with Gasteiger partial charge in [-0.1, -0.05) is 37.3 Å². The Morgan fingerprint density at radius 1 is 1.13 bits per heavy atom. The van der Waals surface area contributed by atoms with Crippen LogP contribution in [-0.4, -0.2) is 17.6 Å². The van der Waals surface area contributed by atoms with Gasteiger partial charge in [-0.05, 0) is 24.1 Å². The molecular formula is C17H18N2O4. The summed E-state index contributed by atoms with van der Waals surface area (Å²) in [4.78, 5) is 24.0. The molecular weight excluding hydrogens is 296 g/mol. The number of benzene rings is 2. The number of rotatable bonds is 6. The van der Waals surface area contributed by atoms with Gasteiger partial charge in [0.1, 0.15) is 6.61 Å². The predicted octanol–water partition coefficient (Wildman–Crippen LogP) is 4.15. The largest absolute Gasteiger partial charge is 0.444 e. The van der Waals surface area contributed by atoms with Crippen molar-refractivity contribution in [3.63, 3.8) is 0 Å². The highest BCUT2D eigenvalue weighted by molar-refractivity contribution is 5.87. The lowest BCUT2D eigenvalue weighted by Gasteiger charge is -2.21. The molecule has 0 saturated heterocycles. The Hall–Kier alpha value is -2.89. The summed E-state index contributed by atoms with van der Waals surface area (Å²) < 4.78 is 5.33. The third-order valence-corrected chi connectivity index (χ3v) is 3.24. The average Bonchev–Trinajstić information content (AvgIpc) is 2.58. The zero-order valence-corrected chi connectivity index (χ0v) is 12.8. The van der Waals surface area contributed by atoms with Gasteiger partial charge in [-0.3, -0.25) is 15.0 Å². The van der Waals surface area contributed by atoms with E-state index in [9.17, 15) is 14.9 Å². The normalized spacial score (nSPS) is 10.1. The van der Waals surface area contributed by atoms with Crippen LogP contribution in [0.15, 0.2) is 54.6 Å². The minimum Gasteiger partial charge on any atom is -0.444 e. The summed E-state index contributed by atoms with van der Waals surface area (Å²) >= 11 is 0. The molecule has 0 aromatic heterocycles. The van der Waals surface area contributed by atoms with Crippen molar-refractivity contribution in [2.75, 3.05) is 11.4 Å². The zero-order chi connectivity index (χ0) is 16.7.